The van der Waals surface area contributed by atoms with Crippen LogP contribution in [0.4, 0.5) is 5.00 Å². The normalized spacial score (nSPS) is 10.3. The van der Waals surface area contributed by atoms with Gasteiger partial charge in [0.05, 0.1) is 24.7 Å². The van der Waals surface area contributed by atoms with Crippen LogP contribution in [0.5, 0.6) is 11.5 Å². The molecular formula is C21H26N2O6S. The molecule has 0 saturated carbocycles. The molecule has 2 amide bonds. The Bertz CT molecular complexity index is 903. The molecule has 0 aliphatic heterocycles. The fraction of sp³-hybridized carbons (Fsp3) is 0.381. The second kappa shape index (κ2) is 10.6. The van der Waals surface area contributed by atoms with Crippen molar-refractivity contribution in [1.29, 1.82) is 0 Å². The average Bonchev–Trinajstić information content (AvgIpc) is 3.08. The third-order valence-electron chi connectivity index (χ3n) is 4.46. The van der Waals surface area contributed by atoms with Crippen molar-refractivity contribution in [3.8, 4) is 11.5 Å². The molecule has 1 N–H and O–H groups in total. The Labute approximate surface area is 179 Å². The second-order valence-electron chi connectivity index (χ2n) is 6.24. The Kier molecular flexibility index (Phi) is 8.23. The predicted molar refractivity (Wildman–Crippen MR) is 115 cm³/mol. The van der Waals surface area contributed by atoms with Crippen LogP contribution >= 0.6 is 11.3 Å². The number of thiophene rings is 1. The van der Waals surface area contributed by atoms with Crippen LogP contribution in [0.15, 0.2) is 24.3 Å². The number of carbonyl (C=O) groups excluding carboxylic acids is 3. The number of methoxy groups -OCH3 is 2. The summed E-state index contributed by atoms with van der Waals surface area (Å²) in [7, 11) is 2.81. The quantitative estimate of drug-likeness (QED) is 0.609. The first-order chi connectivity index (χ1) is 14.4. The number of amides is 2. The standard InChI is InChI=1S/C21H26N2O6S/c1-6-23(7-2)20(25)18-13(3)17(21(26)28-5)19(30-18)22-16(24)12-29-15-10-8-14(27-4)9-11-15/h8-11H,6-7,12H2,1-5H3,(H,22,24). The zero-order valence-corrected chi connectivity index (χ0v) is 18.6. The van der Waals surface area contributed by atoms with Crippen molar-refractivity contribution in [2.45, 2.75) is 20.8 Å². The lowest BCUT2D eigenvalue weighted by Gasteiger charge is -2.17. The molecular weight excluding hydrogens is 408 g/mol. The molecule has 2 rings (SSSR count). The maximum absolute atomic E-state index is 12.8. The lowest BCUT2D eigenvalue weighted by molar-refractivity contribution is -0.118. The third kappa shape index (κ3) is 5.29. The van der Waals surface area contributed by atoms with Crippen LogP contribution in [-0.4, -0.2) is 56.6 Å². The van der Waals surface area contributed by atoms with E-state index in [1.165, 1.54) is 7.11 Å². The summed E-state index contributed by atoms with van der Waals surface area (Å²) in [4.78, 5) is 39.5. The van der Waals surface area contributed by atoms with Gasteiger partial charge in [0, 0.05) is 13.1 Å². The number of anilines is 1. The first-order valence-electron chi connectivity index (χ1n) is 9.43. The molecule has 162 valence electrons. The Morgan fingerprint density at radius 1 is 1.03 bits per heavy atom. The van der Waals surface area contributed by atoms with Crippen molar-refractivity contribution in [1.82, 2.24) is 4.90 Å². The SMILES string of the molecule is CCN(CC)C(=O)c1sc(NC(=O)COc2ccc(OC)cc2)c(C(=O)OC)c1C. The van der Waals surface area contributed by atoms with Gasteiger partial charge in [-0.1, -0.05) is 0 Å². The van der Waals surface area contributed by atoms with E-state index in [1.54, 1.807) is 43.2 Å². The molecule has 0 atom stereocenters. The van der Waals surface area contributed by atoms with Gasteiger partial charge >= 0.3 is 5.97 Å². The maximum Gasteiger partial charge on any atom is 0.341 e. The fourth-order valence-corrected chi connectivity index (χ4v) is 3.97. The molecule has 0 saturated heterocycles. The van der Waals surface area contributed by atoms with Crippen LogP contribution in [0.2, 0.25) is 0 Å². The molecule has 0 aliphatic rings. The summed E-state index contributed by atoms with van der Waals surface area (Å²) in [5, 5.41) is 2.93. The van der Waals surface area contributed by atoms with Crippen LogP contribution in [0.1, 0.15) is 39.4 Å². The number of benzene rings is 1. The monoisotopic (exact) mass is 434 g/mol. The molecule has 0 aliphatic carbocycles. The smallest absolute Gasteiger partial charge is 0.341 e. The van der Waals surface area contributed by atoms with Gasteiger partial charge in [-0.25, -0.2) is 4.79 Å². The number of esters is 1. The van der Waals surface area contributed by atoms with Crippen LogP contribution in [0.25, 0.3) is 0 Å². The van der Waals surface area contributed by atoms with Gasteiger partial charge in [-0.2, -0.15) is 0 Å². The van der Waals surface area contributed by atoms with Crippen molar-refractivity contribution >= 4 is 34.1 Å². The van der Waals surface area contributed by atoms with E-state index in [4.69, 9.17) is 14.2 Å². The molecule has 0 radical (unpaired) electrons. The highest BCUT2D eigenvalue weighted by atomic mass is 32.1. The molecule has 30 heavy (non-hydrogen) atoms. The summed E-state index contributed by atoms with van der Waals surface area (Å²) >= 11 is 1.06. The van der Waals surface area contributed by atoms with Crippen molar-refractivity contribution in [3.05, 3.63) is 40.3 Å². The lowest BCUT2D eigenvalue weighted by Crippen LogP contribution is -2.30. The van der Waals surface area contributed by atoms with E-state index < -0.39 is 11.9 Å². The van der Waals surface area contributed by atoms with E-state index in [-0.39, 0.29) is 23.1 Å². The van der Waals surface area contributed by atoms with Gasteiger partial charge in [0.25, 0.3) is 11.8 Å². The second-order valence-corrected chi connectivity index (χ2v) is 7.26. The van der Waals surface area contributed by atoms with Gasteiger partial charge < -0.3 is 24.4 Å². The number of hydrogen-bond acceptors (Lipinski definition) is 7. The van der Waals surface area contributed by atoms with Crippen molar-refractivity contribution in [2.24, 2.45) is 0 Å². The summed E-state index contributed by atoms with van der Waals surface area (Å²) in [5.41, 5.74) is 0.658. The van der Waals surface area contributed by atoms with Gasteiger partial charge in [0.15, 0.2) is 6.61 Å². The van der Waals surface area contributed by atoms with E-state index in [2.05, 4.69) is 5.32 Å². The van der Waals surface area contributed by atoms with Crippen LogP contribution in [0.3, 0.4) is 0 Å². The minimum Gasteiger partial charge on any atom is -0.497 e. The predicted octanol–water partition coefficient (Wildman–Crippen LogP) is 3.35. The average molecular weight is 435 g/mol. The minimum atomic E-state index is -0.617. The number of carbonyl (C=O) groups is 3. The first kappa shape index (κ1) is 23.2. The Morgan fingerprint density at radius 3 is 2.17 bits per heavy atom. The topological polar surface area (TPSA) is 94.2 Å². The molecule has 0 bridgehead atoms. The highest BCUT2D eigenvalue weighted by Crippen LogP contribution is 2.34. The van der Waals surface area contributed by atoms with E-state index in [0.717, 1.165) is 11.3 Å². The minimum absolute atomic E-state index is 0.177. The van der Waals surface area contributed by atoms with Crippen LogP contribution in [-0.2, 0) is 9.53 Å². The van der Waals surface area contributed by atoms with E-state index >= 15 is 0 Å². The van der Waals surface area contributed by atoms with Gasteiger partial charge in [-0.15, -0.1) is 11.3 Å². The Balaban J connectivity index is 2.19. The van der Waals surface area contributed by atoms with Gasteiger partial charge in [-0.05, 0) is 50.6 Å². The molecule has 0 spiro atoms. The van der Waals surface area contributed by atoms with Crippen LogP contribution < -0.4 is 14.8 Å². The molecule has 9 heteroatoms. The molecule has 0 unspecified atom stereocenters. The highest BCUT2D eigenvalue weighted by molar-refractivity contribution is 7.18. The number of hydrogen-bond donors (Lipinski definition) is 1. The number of nitrogens with one attached hydrogen (secondary N) is 1. The number of rotatable bonds is 9. The van der Waals surface area contributed by atoms with Gasteiger partial charge in [-0.3, -0.25) is 9.59 Å². The van der Waals surface area contributed by atoms with E-state index in [0.29, 0.717) is 35.0 Å². The van der Waals surface area contributed by atoms with Gasteiger partial charge in [0.2, 0.25) is 0 Å². The molecule has 0 fully saturated rings. The fourth-order valence-electron chi connectivity index (χ4n) is 2.79. The first-order valence-corrected chi connectivity index (χ1v) is 10.2. The zero-order valence-electron chi connectivity index (χ0n) is 17.7. The summed E-state index contributed by atoms with van der Waals surface area (Å²) in [5.74, 6) is -0.0942. The lowest BCUT2D eigenvalue weighted by atomic mass is 10.1. The molecule has 1 aromatic carbocycles. The zero-order chi connectivity index (χ0) is 22.3. The largest absolute Gasteiger partial charge is 0.497 e. The van der Waals surface area contributed by atoms with Crippen molar-refractivity contribution in [3.63, 3.8) is 0 Å². The maximum atomic E-state index is 12.8. The number of nitrogens with zero attached hydrogens (tertiary/aromatic N) is 1. The van der Waals surface area contributed by atoms with Crippen molar-refractivity contribution < 1.29 is 28.6 Å². The summed E-state index contributed by atoms with van der Waals surface area (Å²) in [6.45, 7) is 6.25. The third-order valence-corrected chi connectivity index (χ3v) is 5.66. The summed E-state index contributed by atoms with van der Waals surface area (Å²) < 4.78 is 15.4. The van der Waals surface area contributed by atoms with Crippen LogP contribution in [0, 0.1) is 6.92 Å². The van der Waals surface area contributed by atoms with E-state index in [9.17, 15) is 14.4 Å². The molecule has 8 nitrogen and oxygen atoms in total. The number of ether oxygens (including phenoxy) is 3. The van der Waals surface area contributed by atoms with Gasteiger partial charge in [0.1, 0.15) is 16.5 Å². The highest BCUT2D eigenvalue weighted by Gasteiger charge is 2.28. The van der Waals surface area contributed by atoms with Crippen molar-refractivity contribution in [2.75, 3.05) is 39.2 Å². The molecule has 1 heterocycles. The Morgan fingerprint density at radius 2 is 1.63 bits per heavy atom. The summed E-state index contributed by atoms with van der Waals surface area (Å²) in [6.07, 6.45) is 0. The van der Waals surface area contributed by atoms with E-state index in [1.807, 2.05) is 13.8 Å². The molecule has 2 aromatic rings. The molecule has 1 aromatic heterocycles. The summed E-state index contributed by atoms with van der Waals surface area (Å²) in [6, 6.07) is 6.80. The Hall–Kier alpha value is -3.07.